The van der Waals surface area contributed by atoms with E-state index >= 15 is 0 Å². The SMILES string of the molecule is O=C1OCC2COc3ccccc3N12. The highest BCUT2D eigenvalue weighted by Crippen LogP contribution is 2.35. The van der Waals surface area contributed by atoms with E-state index in [4.69, 9.17) is 9.47 Å². The van der Waals surface area contributed by atoms with Gasteiger partial charge in [-0.1, -0.05) is 12.1 Å². The first kappa shape index (κ1) is 7.67. The molecule has 0 radical (unpaired) electrons. The van der Waals surface area contributed by atoms with E-state index in [1.807, 2.05) is 24.3 Å². The highest BCUT2D eigenvalue weighted by molar-refractivity contribution is 5.92. The lowest BCUT2D eigenvalue weighted by Crippen LogP contribution is -2.41. The molecule has 0 aromatic heterocycles. The fraction of sp³-hybridized carbons (Fsp3) is 0.300. The van der Waals surface area contributed by atoms with Gasteiger partial charge in [-0.05, 0) is 12.1 Å². The van der Waals surface area contributed by atoms with Crippen molar-refractivity contribution in [1.29, 1.82) is 0 Å². The summed E-state index contributed by atoms with van der Waals surface area (Å²) in [6, 6.07) is 7.54. The molecule has 72 valence electrons. The number of hydrogen-bond donors (Lipinski definition) is 0. The zero-order valence-corrected chi connectivity index (χ0v) is 7.47. The second kappa shape index (κ2) is 2.64. The van der Waals surface area contributed by atoms with Crippen LogP contribution in [0.15, 0.2) is 24.3 Å². The van der Waals surface area contributed by atoms with Gasteiger partial charge in [-0.15, -0.1) is 0 Å². The smallest absolute Gasteiger partial charge is 0.414 e. The summed E-state index contributed by atoms with van der Waals surface area (Å²) in [7, 11) is 0. The Balaban J connectivity index is 2.11. The Hall–Kier alpha value is -1.71. The fourth-order valence-electron chi connectivity index (χ4n) is 1.84. The number of nitrogens with zero attached hydrogens (tertiary/aromatic N) is 1. The Labute approximate surface area is 81.0 Å². The third-order valence-electron chi connectivity index (χ3n) is 2.52. The van der Waals surface area contributed by atoms with Gasteiger partial charge in [0.15, 0.2) is 0 Å². The number of carbonyl (C=O) groups is 1. The van der Waals surface area contributed by atoms with Gasteiger partial charge in [-0.25, -0.2) is 4.79 Å². The number of para-hydroxylation sites is 2. The number of benzene rings is 1. The Morgan fingerprint density at radius 1 is 1.21 bits per heavy atom. The van der Waals surface area contributed by atoms with Crippen molar-refractivity contribution in [1.82, 2.24) is 0 Å². The van der Waals surface area contributed by atoms with Crippen molar-refractivity contribution in [2.45, 2.75) is 6.04 Å². The lowest BCUT2D eigenvalue weighted by atomic mass is 10.2. The van der Waals surface area contributed by atoms with Gasteiger partial charge in [0, 0.05) is 0 Å². The monoisotopic (exact) mass is 191 g/mol. The molecular formula is C10H9NO3. The predicted molar refractivity (Wildman–Crippen MR) is 49.6 cm³/mol. The van der Waals surface area contributed by atoms with Gasteiger partial charge in [0.1, 0.15) is 25.0 Å². The molecule has 1 atom stereocenters. The quantitative estimate of drug-likeness (QED) is 0.622. The zero-order chi connectivity index (χ0) is 9.54. The number of ether oxygens (including phenoxy) is 2. The summed E-state index contributed by atoms with van der Waals surface area (Å²) < 4.78 is 10.5. The molecule has 2 aliphatic rings. The van der Waals surface area contributed by atoms with Crippen molar-refractivity contribution in [2.24, 2.45) is 0 Å². The minimum Gasteiger partial charge on any atom is -0.489 e. The van der Waals surface area contributed by atoms with Crippen molar-refractivity contribution in [2.75, 3.05) is 18.1 Å². The Morgan fingerprint density at radius 3 is 2.93 bits per heavy atom. The zero-order valence-electron chi connectivity index (χ0n) is 7.47. The summed E-state index contributed by atoms with van der Waals surface area (Å²) in [6.07, 6.45) is -0.272. The molecule has 0 N–H and O–H groups in total. The minimum absolute atomic E-state index is 0.0393. The highest BCUT2D eigenvalue weighted by atomic mass is 16.6. The van der Waals surface area contributed by atoms with Crippen LogP contribution in [-0.4, -0.2) is 25.3 Å². The molecular weight excluding hydrogens is 182 g/mol. The molecule has 2 aliphatic heterocycles. The van der Waals surface area contributed by atoms with Gasteiger partial charge >= 0.3 is 6.09 Å². The Bertz CT molecular complexity index is 391. The number of carbonyl (C=O) groups excluding carboxylic acids is 1. The number of cyclic esters (lactones) is 1. The maximum Gasteiger partial charge on any atom is 0.414 e. The van der Waals surface area contributed by atoms with Crippen molar-refractivity contribution < 1.29 is 14.3 Å². The average molecular weight is 191 g/mol. The van der Waals surface area contributed by atoms with E-state index < -0.39 is 0 Å². The topological polar surface area (TPSA) is 38.8 Å². The molecule has 1 unspecified atom stereocenters. The van der Waals surface area contributed by atoms with E-state index in [0.29, 0.717) is 13.2 Å². The second-order valence-corrected chi connectivity index (χ2v) is 3.38. The largest absolute Gasteiger partial charge is 0.489 e. The number of fused-ring (bicyclic) bond motifs is 3. The van der Waals surface area contributed by atoms with Gasteiger partial charge in [0.2, 0.25) is 0 Å². The van der Waals surface area contributed by atoms with Crippen LogP contribution in [0.3, 0.4) is 0 Å². The standard InChI is InChI=1S/C10H9NO3/c12-10-11-7(6-14-10)5-13-9-4-2-1-3-8(9)11/h1-4,7H,5-6H2. The Kier molecular flexibility index (Phi) is 1.45. The summed E-state index contributed by atoms with van der Waals surface area (Å²) in [5.74, 6) is 0.752. The molecule has 1 saturated heterocycles. The highest BCUT2D eigenvalue weighted by Gasteiger charge is 2.39. The molecule has 3 rings (SSSR count). The minimum atomic E-state index is -0.272. The average Bonchev–Trinajstić information content (AvgIpc) is 2.61. The van der Waals surface area contributed by atoms with Crippen molar-refractivity contribution in [3.05, 3.63) is 24.3 Å². The molecule has 1 aromatic carbocycles. The van der Waals surface area contributed by atoms with Crippen LogP contribution in [-0.2, 0) is 4.74 Å². The number of hydrogen-bond acceptors (Lipinski definition) is 3. The van der Waals surface area contributed by atoms with Crippen LogP contribution < -0.4 is 9.64 Å². The van der Waals surface area contributed by atoms with E-state index in [1.54, 1.807) is 4.90 Å². The molecule has 0 spiro atoms. The molecule has 1 amide bonds. The third-order valence-corrected chi connectivity index (χ3v) is 2.52. The van der Waals surface area contributed by atoms with E-state index in [0.717, 1.165) is 11.4 Å². The molecule has 0 aliphatic carbocycles. The van der Waals surface area contributed by atoms with E-state index in [9.17, 15) is 4.79 Å². The van der Waals surface area contributed by atoms with Gasteiger partial charge in [-0.2, -0.15) is 0 Å². The number of anilines is 1. The molecule has 14 heavy (non-hydrogen) atoms. The van der Waals surface area contributed by atoms with E-state index in [1.165, 1.54) is 0 Å². The first-order valence-corrected chi connectivity index (χ1v) is 4.54. The first-order valence-electron chi connectivity index (χ1n) is 4.54. The third kappa shape index (κ3) is 0.907. The van der Waals surface area contributed by atoms with Crippen molar-refractivity contribution in [3.63, 3.8) is 0 Å². The molecule has 4 nitrogen and oxygen atoms in total. The van der Waals surface area contributed by atoms with Crippen molar-refractivity contribution in [3.8, 4) is 5.75 Å². The normalized spacial score (nSPS) is 23.6. The van der Waals surface area contributed by atoms with Crippen LogP contribution in [0.5, 0.6) is 5.75 Å². The maximum absolute atomic E-state index is 11.4. The summed E-state index contributed by atoms with van der Waals surface area (Å²) >= 11 is 0. The van der Waals surface area contributed by atoms with Gasteiger partial charge in [0.05, 0.1) is 5.69 Å². The molecule has 0 bridgehead atoms. The summed E-state index contributed by atoms with van der Waals surface area (Å²) in [5.41, 5.74) is 0.811. The van der Waals surface area contributed by atoms with Crippen LogP contribution >= 0.6 is 0 Å². The van der Waals surface area contributed by atoms with Gasteiger partial charge in [0.25, 0.3) is 0 Å². The van der Waals surface area contributed by atoms with Crippen molar-refractivity contribution >= 4 is 11.8 Å². The molecule has 1 fully saturated rings. The van der Waals surface area contributed by atoms with Crippen LogP contribution in [0.25, 0.3) is 0 Å². The fourth-order valence-corrected chi connectivity index (χ4v) is 1.84. The molecule has 0 saturated carbocycles. The maximum atomic E-state index is 11.4. The lowest BCUT2D eigenvalue weighted by Gasteiger charge is -2.28. The molecule has 2 heterocycles. The van der Waals surface area contributed by atoms with Crippen LogP contribution in [0.1, 0.15) is 0 Å². The summed E-state index contributed by atoms with van der Waals surface area (Å²) in [4.78, 5) is 13.1. The number of amides is 1. The van der Waals surface area contributed by atoms with Gasteiger partial charge < -0.3 is 9.47 Å². The van der Waals surface area contributed by atoms with Crippen LogP contribution in [0.2, 0.25) is 0 Å². The van der Waals surface area contributed by atoms with E-state index in [-0.39, 0.29) is 12.1 Å². The number of rotatable bonds is 0. The lowest BCUT2D eigenvalue weighted by molar-refractivity contribution is 0.176. The summed E-state index contributed by atoms with van der Waals surface area (Å²) in [5, 5.41) is 0. The molecule has 1 aromatic rings. The van der Waals surface area contributed by atoms with Crippen LogP contribution in [0.4, 0.5) is 10.5 Å². The van der Waals surface area contributed by atoms with E-state index in [2.05, 4.69) is 0 Å². The van der Waals surface area contributed by atoms with Crippen LogP contribution in [0, 0.1) is 0 Å². The molecule has 4 heteroatoms. The predicted octanol–water partition coefficient (Wildman–Crippen LogP) is 1.40. The first-order chi connectivity index (χ1) is 6.86. The van der Waals surface area contributed by atoms with Gasteiger partial charge in [-0.3, -0.25) is 4.90 Å². The second-order valence-electron chi connectivity index (χ2n) is 3.38. The summed E-state index contributed by atoms with van der Waals surface area (Å²) in [6.45, 7) is 0.940. The Morgan fingerprint density at radius 2 is 2.00 bits per heavy atom.